The molecule has 2 bridgehead atoms. The second-order valence-corrected chi connectivity index (χ2v) is 21.4. The van der Waals surface area contributed by atoms with Gasteiger partial charge in [0.1, 0.15) is 0 Å². The zero-order chi connectivity index (χ0) is 42.9. The van der Waals surface area contributed by atoms with E-state index in [9.17, 15) is 10.1 Å². The van der Waals surface area contributed by atoms with Gasteiger partial charge in [-0.3, -0.25) is 4.79 Å². The fourth-order valence-corrected chi connectivity index (χ4v) is 13.3. The number of aromatic nitrogens is 1. The molecule has 0 aliphatic heterocycles. The van der Waals surface area contributed by atoms with E-state index in [1.54, 1.807) is 0 Å². The van der Waals surface area contributed by atoms with Crippen LogP contribution >= 0.6 is 0 Å². The van der Waals surface area contributed by atoms with Crippen LogP contribution in [0.3, 0.4) is 0 Å². The van der Waals surface area contributed by atoms with Crippen molar-refractivity contribution in [2.45, 2.75) is 90.9 Å². The molecular formula is C60H50N2O. The van der Waals surface area contributed by atoms with E-state index in [0.717, 1.165) is 59.8 Å². The van der Waals surface area contributed by atoms with Crippen molar-refractivity contribution >= 4 is 43.9 Å². The Balaban J connectivity index is 1.16. The standard InChI is InChI=1S/C60H50N2O/c1-58(2)23-24-59(3,4)57(63)47-30-51-45(29-50(47)58)46-26-35(27-48-54-52(62(51)56(46)48)28-36(32-61)53-34-20-22-49(55(53)54)60(5,6)31-34)33-19-21-43-41-17-10-9-15-39(41)37-13-7-8-14-38(37)40-16-11-12-18-42(40)44(43)25-33/h7-19,21,25-30,34,49H,20,22-24,31H2,1-6H3. The molecule has 0 N–H and O–H groups in total. The van der Waals surface area contributed by atoms with Gasteiger partial charge in [0.05, 0.1) is 28.2 Å². The molecule has 306 valence electrons. The lowest BCUT2D eigenvalue weighted by atomic mass is 9.54. The minimum atomic E-state index is -0.452. The minimum absolute atomic E-state index is 0.132. The van der Waals surface area contributed by atoms with Gasteiger partial charge in [-0.2, -0.15) is 5.26 Å². The molecule has 7 aromatic carbocycles. The topological polar surface area (TPSA) is 45.3 Å². The third-order valence-corrected chi connectivity index (χ3v) is 16.6. The van der Waals surface area contributed by atoms with Gasteiger partial charge in [-0.15, -0.1) is 0 Å². The monoisotopic (exact) mass is 814 g/mol. The zero-order valence-corrected chi connectivity index (χ0v) is 37.0. The highest BCUT2D eigenvalue weighted by atomic mass is 16.1. The molecule has 5 aliphatic rings. The second kappa shape index (κ2) is 12.4. The molecule has 3 heteroatoms. The lowest BCUT2D eigenvalue weighted by Crippen LogP contribution is -2.36. The van der Waals surface area contributed by atoms with E-state index in [2.05, 4.69) is 173 Å². The molecule has 63 heavy (non-hydrogen) atoms. The van der Waals surface area contributed by atoms with E-state index in [1.165, 1.54) is 93.8 Å². The summed E-state index contributed by atoms with van der Waals surface area (Å²) < 4.78 is 2.44. The lowest BCUT2D eigenvalue weighted by molar-refractivity contribution is 0.0828. The molecule has 3 nitrogen and oxygen atoms in total. The molecule has 2 unspecified atom stereocenters. The van der Waals surface area contributed by atoms with Crippen molar-refractivity contribution in [3.05, 3.63) is 149 Å². The molecule has 9 aromatic rings. The van der Waals surface area contributed by atoms with Crippen LogP contribution in [0.1, 0.15) is 118 Å². The molecule has 0 spiro atoms. The Morgan fingerprint density at radius 3 is 1.76 bits per heavy atom. The SMILES string of the molecule is CC1(C)CCC(C)(C)c2cc3c4cc(-c5ccc6c(c5)-c5ccccc5-c5ccccc5-c5ccccc5-6)cc5c6c7c(c(C#N)cc6n(c3cc2C1=O)c45)C1CCC7C(C)(C)C1. The van der Waals surface area contributed by atoms with Crippen molar-refractivity contribution in [3.8, 4) is 61.7 Å². The summed E-state index contributed by atoms with van der Waals surface area (Å²) in [6.45, 7) is 13.8. The Hall–Kier alpha value is -6.50. The normalized spacial score (nSPS) is 20.0. The summed E-state index contributed by atoms with van der Waals surface area (Å²) >= 11 is 0. The molecule has 0 saturated heterocycles. The summed E-state index contributed by atoms with van der Waals surface area (Å²) in [6.07, 6.45) is 5.20. The molecular weight excluding hydrogens is 765 g/mol. The molecule has 0 radical (unpaired) electrons. The van der Waals surface area contributed by atoms with Gasteiger partial charge in [-0.25, -0.2) is 0 Å². The van der Waals surface area contributed by atoms with Gasteiger partial charge in [0, 0.05) is 32.5 Å². The van der Waals surface area contributed by atoms with Crippen LogP contribution in [-0.4, -0.2) is 10.2 Å². The fourth-order valence-electron chi connectivity index (χ4n) is 13.3. The Kier molecular flexibility index (Phi) is 7.28. The van der Waals surface area contributed by atoms with Crippen LogP contribution in [0.5, 0.6) is 0 Å². The predicted molar refractivity (Wildman–Crippen MR) is 260 cm³/mol. The smallest absolute Gasteiger partial charge is 0.168 e. The Bertz CT molecular complexity index is 3560. The maximum absolute atomic E-state index is 14.6. The highest BCUT2D eigenvalue weighted by Crippen LogP contribution is 2.62. The van der Waals surface area contributed by atoms with Crippen LogP contribution in [0.15, 0.2) is 121 Å². The number of carbonyl (C=O) groups excluding carboxylic acids is 1. The number of nitriles is 1. The van der Waals surface area contributed by atoms with E-state index in [0.29, 0.717) is 11.8 Å². The van der Waals surface area contributed by atoms with E-state index in [1.807, 2.05) is 0 Å². The van der Waals surface area contributed by atoms with Crippen molar-refractivity contribution in [1.29, 1.82) is 5.26 Å². The molecule has 1 fully saturated rings. The van der Waals surface area contributed by atoms with Crippen LogP contribution in [0.2, 0.25) is 0 Å². The first-order chi connectivity index (χ1) is 30.3. The van der Waals surface area contributed by atoms with Gasteiger partial charge in [-0.1, -0.05) is 126 Å². The highest BCUT2D eigenvalue weighted by Gasteiger charge is 2.47. The molecule has 5 aliphatic carbocycles. The first kappa shape index (κ1) is 37.1. The average molecular weight is 815 g/mol. The first-order valence-electron chi connectivity index (χ1n) is 23.1. The number of carbonyl (C=O) groups is 1. The highest BCUT2D eigenvalue weighted by molar-refractivity contribution is 6.26. The van der Waals surface area contributed by atoms with Crippen molar-refractivity contribution < 1.29 is 4.79 Å². The van der Waals surface area contributed by atoms with E-state index in [4.69, 9.17) is 0 Å². The van der Waals surface area contributed by atoms with E-state index in [-0.39, 0.29) is 16.6 Å². The maximum Gasteiger partial charge on any atom is 0.168 e. The van der Waals surface area contributed by atoms with E-state index >= 15 is 0 Å². The third-order valence-electron chi connectivity index (χ3n) is 16.6. The summed E-state index contributed by atoms with van der Waals surface area (Å²) in [6, 6.07) is 48.2. The lowest BCUT2D eigenvalue weighted by Gasteiger charge is -2.50. The minimum Gasteiger partial charge on any atom is -0.308 e. The van der Waals surface area contributed by atoms with Gasteiger partial charge in [0.15, 0.2) is 5.78 Å². The van der Waals surface area contributed by atoms with Crippen LogP contribution in [0, 0.1) is 22.2 Å². The number of fused-ring (bicyclic) bond motifs is 17. The summed E-state index contributed by atoms with van der Waals surface area (Å²) in [4.78, 5) is 14.6. The van der Waals surface area contributed by atoms with Crippen molar-refractivity contribution in [2.75, 3.05) is 0 Å². The third kappa shape index (κ3) is 4.88. The largest absolute Gasteiger partial charge is 0.308 e. The van der Waals surface area contributed by atoms with Crippen molar-refractivity contribution in [2.24, 2.45) is 10.8 Å². The first-order valence-corrected chi connectivity index (χ1v) is 23.1. The van der Waals surface area contributed by atoms with Crippen LogP contribution in [0.4, 0.5) is 0 Å². The fraction of sp³-hybridized carbons (Fsp3) is 0.267. The van der Waals surface area contributed by atoms with Gasteiger partial charge in [0.25, 0.3) is 0 Å². The zero-order valence-electron chi connectivity index (χ0n) is 37.0. The second-order valence-electron chi connectivity index (χ2n) is 21.4. The maximum atomic E-state index is 14.6. The van der Waals surface area contributed by atoms with E-state index < -0.39 is 5.41 Å². The van der Waals surface area contributed by atoms with Gasteiger partial charge in [-0.05, 0) is 163 Å². The Morgan fingerprint density at radius 1 is 0.556 bits per heavy atom. The van der Waals surface area contributed by atoms with Crippen molar-refractivity contribution in [3.63, 3.8) is 0 Å². The molecule has 2 heterocycles. The Morgan fingerprint density at radius 2 is 1.14 bits per heavy atom. The summed E-state index contributed by atoms with van der Waals surface area (Å²) in [5.74, 6) is 0.981. The summed E-state index contributed by atoms with van der Waals surface area (Å²) in [5.41, 5.74) is 20.7. The molecule has 14 rings (SSSR count). The number of hydrogen-bond donors (Lipinski definition) is 0. The predicted octanol–water partition coefficient (Wildman–Crippen LogP) is 16.0. The van der Waals surface area contributed by atoms with Gasteiger partial charge in [0.2, 0.25) is 0 Å². The molecule has 1 saturated carbocycles. The molecule has 2 aromatic heterocycles. The number of benzene rings is 7. The van der Waals surface area contributed by atoms with Gasteiger partial charge < -0.3 is 4.40 Å². The van der Waals surface area contributed by atoms with Crippen molar-refractivity contribution in [1.82, 2.24) is 4.40 Å². The summed E-state index contributed by atoms with van der Waals surface area (Å²) in [7, 11) is 0. The number of rotatable bonds is 1. The number of nitrogens with zero attached hydrogens (tertiary/aromatic N) is 2. The molecule has 2 atom stereocenters. The quantitative estimate of drug-likeness (QED) is 0.155. The van der Waals surface area contributed by atoms with Crippen LogP contribution in [0.25, 0.3) is 93.7 Å². The van der Waals surface area contributed by atoms with Crippen LogP contribution in [-0.2, 0) is 5.41 Å². The molecule has 0 amide bonds. The Labute approximate surface area is 369 Å². The number of ketones is 1. The number of Topliss-reactive ketones (excluding diaryl/α,β-unsaturated/α-hetero) is 1. The average Bonchev–Trinajstić information content (AvgIpc) is 3.78. The number of hydrogen-bond acceptors (Lipinski definition) is 2. The summed E-state index contributed by atoms with van der Waals surface area (Å²) in [5, 5.41) is 15.9. The van der Waals surface area contributed by atoms with Gasteiger partial charge >= 0.3 is 0 Å². The van der Waals surface area contributed by atoms with Crippen LogP contribution < -0.4 is 0 Å².